The molecule has 4 aromatic carbocycles. The van der Waals surface area contributed by atoms with Crippen LogP contribution in [0, 0.1) is 11.3 Å². The van der Waals surface area contributed by atoms with Gasteiger partial charge in [-0.25, -0.2) is 0 Å². The number of benzene rings is 4. The summed E-state index contributed by atoms with van der Waals surface area (Å²) < 4.78 is 24.9. The first-order valence-corrected chi connectivity index (χ1v) is 12.8. The summed E-state index contributed by atoms with van der Waals surface area (Å²) in [6.07, 6.45) is -2.08. The second kappa shape index (κ2) is 15.5. The number of nitrogens with zero attached hydrogens (tertiary/aromatic N) is 1. The zero-order valence-electron chi connectivity index (χ0n) is 21.4. The lowest BCUT2D eigenvalue weighted by Crippen LogP contribution is -2.44. The monoisotopic (exact) mass is 507 g/mol. The first kappa shape index (κ1) is 27.3. The normalized spacial score (nSPS) is 13.3. The molecule has 0 amide bonds. The number of hydrogen-bond donors (Lipinski definition) is 0. The van der Waals surface area contributed by atoms with Crippen LogP contribution in [0.3, 0.4) is 0 Å². The van der Waals surface area contributed by atoms with E-state index in [2.05, 4.69) is 6.07 Å². The Hall–Kier alpha value is -3.79. The van der Waals surface area contributed by atoms with Gasteiger partial charge in [0.15, 0.2) is 6.10 Å². The van der Waals surface area contributed by atoms with E-state index in [9.17, 15) is 5.26 Å². The average molecular weight is 508 g/mol. The van der Waals surface area contributed by atoms with Gasteiger partial charge < -0.3 is 18.9 Å². The van der Waals surface area contributed by atoms with E-state index in [1.54, 1.807) is 0 Å². The standard InChI is InChI=1S/C33H33NO4/c34-21-31(36-23-28-15-7-2-8-16-28)33(38-25-30-19-11-4-12-20-30)32(37-24-29-17-9-3-10-18-29)26-35-22-27-13-5-1-6-14-27/h1-20,31-33H,22-26H2/t31-,32+,33-/m0/s1. The van der Waals surface area contributed by atoms with Crippen molar-refractivity contribution in [1.29, 1.82) is 5.26 Å². The largest absolute Gasteiger partial charge is 0.374 e. The van der Waals surface area contributed by atoms with Crippen molar-refractivity contribution in [2.75, 3.05) is 6.61 Å². The van der Waals surface area contributed by atoms with Crippen molar-refractivity contribution in [3.8, 4) is 6.07 Å². The molecule has 0 aromatic heterocycles. The minimum Gasteiger partial charge on any atom is -0.374 e. The topological polar surface area (TPSA) is 60.7 Å². The van der Waals surface area contributed by atoms with Crippen molar-refractivity contribution < 1.29 is 18.9 Å². The van der Waals surface area contributed by atoms with Crippen molar-refractivity contribution in [1.82, 2.24) is 0 Å². The zero-order chi connectivity index (χ0) is 26.3. The van der Waals surface area contributed by atoms with Gasteiger partial charge in [-0.1, -0.05) is 121 Å². The molecule has 0 unspecified atom stereocenters. The molecule has 0 radical (unpaired) electrons. The van der Waals surface area contributed by atoms with Gasteiger partial charge in [0.25, 0.3) is 0 Å². The van der Waals surface area contributed by atoms with E-state index in [0.29, 0.717) is 26.4 Å². The Morgan fingerprint density at radius 3 is 1.34 bits per heavy atom. The highest BCUT2D eigenvalue weighted by molar-refractivity contribution is 5.16. The lowest BCUT2D eigenvalue weighted by atomic mass is 10.1. The maximum atomic E-state index is 10.2. The third-order valence-electron chi connectivity index (χ3n) is 6.05. The molecule has 0 aliphatic carbocycles. The Morgan fingerprint density at radius 2 is 0.895 bits per heavy atom. The van der Waals surface area contributed by atoms with Gasteiger partial charge in [-0.05, 0) is 22.3 Å². The first-order valence-electron chi connectivity index (χ1n) is 12.8. The number of hydrogen-bond acceptors (Lipinski definition) is 5. The van der Waals surface area contributed by atoms with Gasteiger partial charge in [0.05, 0.1) is 39.1 Å². The average Bonchev–Trinajstić information content (AvgIpc) is 2.99. The summed E-state index contributed by atoms with van der Waals surface area (Å²) in [7, 11) is 0. The fourth-order valence-corrected chi connectivity index (χ4v) is 4.00. The summed E-state index contributed by atoms with van der Waals surface area (Å²) in [4.78, 5) is 0. The smallest absolute Gasteiger partial charge is 0.173 e. The molecule has 4 rings (SSSR count). The summed E-state index contributed by atoms with van der Waals surface area (Å²) in [5, 5.41) is 10.2. The quantitative estimate of drug-likeness (QED) is 0.184. The third kappa shape index (κ3) is 8.95. The van der Waals surface area contributed by atoms with Crippen LogP contribution in [0.2, 0.25) is 0 Å². The van der Waals surface area contributed by atoms with E-state index in [1.165, 1.54) is 0 Å². The second-order valence-electron chi connectivity index (χ2n) is 8.94. The SMILES string of the molecule is N#C[C@H](OCc1ccccc1)[C@H](OCc1ccccc1)[C@@H](COCc1ccccc1)OCc1ccccc1. The van der Waals surface area contributed by atoms with Crippen molar-refractivity contribution in [3.05, 3.63) is 144 Å². The summed E-state index contributed by atoms with van der Waals surface area (Å²) >= 11 is 0. The van der Waals surface area contributed by atoms with Crippen molar-refractivity contribution in [3.63, 3.8) is 0 Å². The summed E-state index contributed by atoms with van der Waals surface area (Å²) in [6, 6.07) is 41.9. The Labute approximate surface area is 225 Å². The number of ether oxygens (including phenoxy) is 4. The molecule has 0 aliphatic rings. The van der Waals surface area contributed by atoms with Crippen LogP contribution in [0.1, 0.15) is 22.3 Å². The molecule has 0 spiro atoms. The minimum absolute atomic E-state index is 0.244. The lowest BCUT2D eigenvalue weighted by molar-refractivity contribution is -0.155. The van der Waals surface area contributed by atoms with Crippen LogP contribution in [-0.4, -0.2) is 24.9 Å². The minimum atomic E-state index is -0.861. The highest BCUT2D eigenvalue weighted by Gasteiger charge is 2.33. The van der Waals surface area contributed by atoms with Gasteiger partial charge in [-0.2, -0.15) is 5.26 Å². The van der Waals surface area contributed by atoms with Crippen LogP contribution in [0.15, 0.2) is 121 Å². The molecule has 0 aliphatic heterocycles. The van der Waals surface area contributed by atoms with Gasteiger partial charge in [-0.3, -0.25) is 0 Å². The predicted molar refractivity (Wildman–Crippen MR) is 147 cm³/mol. The molecule has 0 saturated carbocycles. The van der Waals surface area contributed by atoms with Crippen molar-refractivity contribution >= 4 is 0 Å². The van der Waals surface area contributed by atoms with Crippen LogP contribution in [-0.2, 0) is 45.4 Å². The molecule has 5 heteroatoms. The van der Waals surface area contributed by atoms with E-state index >= 15 is 0 Å². The Bertz CT molecular complexity index is 1210. The molecular formula is C33H33NO4. The predicted octanol–water partition coefficient (Wildman–Crippen LogP) is 6.48. The molecule has 4 aromatic rings. The molecule has 0 N–H and O–H groups in total. The van der Waals surface area contributed by atoms with Crippen LogP contribution < -0.4 is 0 Å². The first-order chi connectivity index (χ1) is 18.8. The maximum Gasteiger partial charge on any atom is 0.173 e. The molecular weight excluding hydrogens is 474 g/mol. The van der Waals surface area contributed by atoms with Crippen LogP contribution in [0.5, 0.6) is 0 Å². The molecule has 5 nitrogen and oxygen atoms in total. The highest BCUT2D eigenvalue weighted by Crippen LogP contribution is 2.19. The lowest BCUT2D eigenvalue weighted by Gasteiger charge is -2.30. The Kier molecular flexibility index (Phi) is 11.1. The zero-order valence-corrected chi connectivity index (χ0v) is 21.4. The van der Waals surface area contributed by atoms with Crippen molar-refractivity contribution in [2.24, 2.45) is 0 Å². The Morgan fingerprint density at radius 1 is 0.500 bits per heavy atom. The molecule has 0 fully saturated rings. The summed E-state index contributed by atoms with van der Waals surface area (Å²) in [6.45, 7) is 1.65. The summed E-state index contributed by atoms with van der Waals surface area (Å²) in [5.41, 5.74) is 4.08. The van der Waals surface area contributed by atoms with E-state index in [0.717, 1.165) is 22.3 Å². The highest BCUT2D eigenvalue weighted by atomic mass is 16.6. The number of nitriles is 1. The fraction of sp³-hybridized carbons (Fsp3) is 0.242. The molecule has 0 heterocycles. The molecule has 0 bridgehead atoms. The van der Waals surface area contributed by atoms with Crippen LogP contribution >= 0.6 is 0 Å². The number of rotatable bonds is 15. The van der Waals surface area contributed by atoms with E-state index in [4.69, 9.17) is 18.9 Å². The Balaban J connectivity index is 1.52. The molecule has 3 atom stereocenters. The molecule has 0 saturated heterocycles. The van der Waals surface area contributed by atoms with Gasteiger partial charge in [0.1, 0.15) is 12.2 Å². The van der Waals surface area contributed by atoms with E-state index in [1.807, 2.05) is 121 Å². The maximum absolute atomic E-state index is 10.2. The molecule has 194 valence electrons. The van der Waals surface area contributed by atoms with Crippen molar-refractivity contribution in [2.45, 2.75) is 44.7 Å². The van der Waals surface area contributed by atoms with Gasteiger partial charge in [0.2, 0.25) is 0 Å². The van der Waals surface area contributed by atoms with Crippen LogP contribution in [0.25, 0.3) is 0 Å². The van der Waals surface area contributed by atoms with Gasteiger partial charge >= 0.3 is 0 Å². The van der Waals surface area contributed by atoms with Gasteiger partial charge in [-0.15, -0.1) is 0 Å². The third-order valence-corrected chi connectivity index (χ3v) is 6.05. The van der Waals surface area contributed by atoms with Crippen LogP contribution in [0.4, 0.5) is 0 Å². The molecule has 38 heavy (non-hydrogen) atoms. The fourth-order valence-electron chi connectivity index (χ4n) is 4.00. The summed E-state index contributed by atoms with van der Waals surface area (Å²) in [5.74, 6) is 0. The van der Waals surface area contributed by atoms with Gasteiger partial charge in [0, 0.05) is 0 Å². The second-order valence-corrected chi connectivity index (χ2v) is 8.94. The van der Waals surface area contributed by atoms with E-state index in [-0.39, 0.29) is 6.61 Å². The van der Waals surface area contributed by atoms with E-state index < -0.39 is 18.3 Å².